The van der Waals surface area contributed by atoms with Gasteiger partial charge in [-0.15, -0.1) is 0 Å². The van der Waals surface area contributed by atoms with Crippen LogP contribution < -0.4 is 10.2 Å². The van der Waals surface area contributed by atoms with Crippen molar-refractivity contribution in [1.82, 2.24) is 5.32 Å². The molecule has 0 bridgehead atoms. The number of carbonyl (C=O) groups is 4. The van der Waals surface area contributed by atoms with Gasteiger partial charge < -0.3 is 10.2 Å². The lowest BCUT2D eigenvalue weighted by atomic mass is 9.77. The minimum absolute atomic E-state index is 0.0890. The molecule has 0 aromatic heterocycles. The van der Waals surface area contributed by atoms with E-state index in [4.69, 9.17) is 0 Å². The van der Waals surface area contributed by atoms with Crippen LogP contribution in [0.2, 0.25) is 0 Å². The largest absolute Gasteiger partial charge is 0.346 e. The fourth-order valence-electron chi connectivity index (χ4n) is 10.4. The van der Waals surface area contributed by atoms with Crippen molar-refractivity contribution in [3.8, 4) is 0 Å². The maximum atomic E-state index is 13.5. The fraction of sp³-hybridized carbons (Fsp3) is 0.500. The number of ketones is 3. The van der Waals surface area contributed by atoms with Crippen molar-refractivity contribution >= 4 is 60.6 Å². The van der Waals surface area contributed by atoms with Crippen LogP contribution in [0.5, 0.6) is 0 Å². The number of nitrogens with one attached hydrogen (secondary N) is 1. The number of hydrogen-bond acceptors (Lipinski definition) is 9. The van der Waals surface area contributed by atoms with E-state index in [2.05, 4.69) is 41.6 Å². The topological polar surface area (TPSA) is 195 Å². The van der Waals surface area contributed by atoms with E-state index in [1.165, 1.54) is 12.1 Å². The number of hydrogen-bond donors (Lipinski definition) is 3. The lowest BCUT2D eigenvalue weighted by molar-refractivity contribution is -0.437. The standard InChI is InChI=1S/C58H76FN3O10S2/c1-8-10-35-62-50-32-30-46(74(70,71)72)39-48(50)58(7,54(62)27-18-12-17-26-53-57(5,6)47-38-45(73(67,68)69)29-31-49(47)61(53)34-9-2)33-21-13-16-24-44(63)25-19-20-28-55(66)60-56(41(3)4)51(64)37-43(52(65)40-59)36-42-22-14-11-15-23-42/h11-12,14-15,17-18,22-23,26-27,29-32,38-39,41,43,56H,8-10,13,16,19-21,24-25,28,33-37,40H2,1-7H3,(H2-,60,66,67,68,69,70,71,72)/p+1/t43?,56-,58?/m1/s1. The Hall–Kier alpha value is -5.42. The number of amides is 1. The molecule has 3 N–H and O–H groups in total. The van der Waals surface area contributed by atoms with E-state index in [1.54, 1.807) is 24.3 Å². The van der Waals surface area contributed by atoms with E-state index in [0.29, 0.717) is 51.6 Å². The normalized spacial score (nSPS) is 17.9. The maximum Gasteiger partial charge on any atom is 0.294 e. The van der Waals surface area contributed by atoms with Crippen LogP contribution in [0.15, 0.2) is 113 Å². The second-order valence-corrected chi connectivity index (χ2v) is 23.7. The van der Waals surface area contributed by atoms with Crippen LogP contribution in [-0.4, -0.2) is 85.3 Å². The number of Topliss-reactive ketones (excluding diaryl/α,β-unsaturated/α-hetero) is 3. The minimum Gasteiger partial charge on any atom is -0.346 e. The van der Waals surface area contributed by atoms with Crippen molar-refractivity contribution < 1.29 is 54.1 Å². The molecule has 0 saturated heterocycles. The number of carbonyl (C=O) groups excluding carboxylic acids is 4. The van der Waals surface area contributed by atoms with E-state index in [1.807, 2.05) is 82.3 Å². The van der Waals surface area contributed by atoms with E-state index in [0.717, 1.165) is 71.6 Å². The van der Waals surface area contributed by atoms with Gasteiger partial charge in [-0.1, -0.05) is 95.5 Å². The van der Waals surface area contributed by atoms with Crippen molar-refractivity contribution in [3.63, 3.8) is 0 Å². The lowest BCUT2D eigenvalue weighted by Crippen LogP contribution is -2.45. The van der Waals surface area contributed by atoms with Crippen LogP contribution in [0.1, 0.15) is 149 Å². The number of benzene rings is 3. The van der Waals surface area contributed by atoms with Gasteiger partial charge in [0.2, 0.25) is 11.6 Å². The summed E-state index contributed by atoms with van der Waals surface area (Å²) < 4.78 is 84.5. The maximum absolute atomic E-state index is 13.5. The summed E-state index contributed by atoms with van der Waals surface area (Å²) in [6.07, 6.45) is 17.2. The average Bonchev–Trinajstić information content (AvgIpc) is 3.70. The third kappa shape index (κ3) is 15.1. The highest BCUT2D eigenvalue weighted by atomic mass is 32.2. The highest BCUT2D eigenvalue weighted by molar-refractivity contribution is 7.86. The molecule has 2 aliphatic heterocycles. The number of anilines is 1. The summed E-state index contributed by atoms with van der Waals surface area (Å²) in [6.45, 7) is 14.2. The molecule has 402 valence electrons. The van der Waals surface area contributed by atoms with Crippen molar-refractivity contribution in [1.29, 1.82) is 0 Å². The fourth-order valence-corrected chi connectivity index (χ4v) is 11.4. The van der Waals surface area contributed by atoms with Crippen LogP contribution >= 0.6 is 0 Å². The Balaban J connectivity index is 1.21. The molecule has 0 fully saturated rings. The zero-order valence-corrected chi connectivity index (χ0v) is 45.9. The predicted octanol–water partition coefficient (Wildman–Crippen LogP) is 11.1. The average molecular weight is 1060 g/mol. The molecule has 0 spiro atoms. The second-order valence-electron chi connectivity index (χ2n) is 20.9. The van der Waals surface area contributed by atoms with Gasteiger partial charge in [0.15, 0.2) is 17.3 Å². The van der Waals surface area contributed by atoms with Gasteiger partial charge in [0.05, 0.1) is 21.2 Å². The van der Waals surface area contributed by atoms with Crippen molar-refractivity contribution in [2.75, 3.05) is 24.7 Å². The van der Waals surface area contributed by atoms with E-state index in [-0.39, 0.29) is 52.4 Å². The van der Waals surface area contributed by atoms with Crippen molar-refractivity contribution in [3.05, 3.63) is 119 Å². The molecule has 3 aromatic rings. The summed E-state index contributed by atoms with van der Waals surface area (Å²) in [6, 6.07) is 17.8. The van der Waals surface area contributed by atoms with Crippen LogP contribution in [0, 0.1) is 11.8 Å². The Morgan fingerprint density at radius 3 is 2.01 bits per heavy atom. The molecule has 74 heavy (non-hydrogen) atoms. The van der Waals surface area contributed by atoms with Crippen molar-refractivity contribution in [2.45, 2.75) is 165 Å². The first-order valence-electron chi connectivity index (χ1n) is 26.2. The molecular weight excluding hydrogens is 982 g/mol. The molecule has 0 aliphatic carbocycles. The van der Waals surface area contributed by atoms with E-state index >= 15 is 0 Å². The molecule has 2 aliphatic rings. The number of rotatable bonds is 30. The summed E-state index contributed by atoms with van der Waals surface area (Å²) in [7, 11) is -8.88. The molecule has 1 amide bonds. The zero-order valence-electron chi connectivity index (χ0n) is 44.2. The summed E-state index contributed by atoms with van der Waals surface area (Å²) in [4.78, 5) is 53.8. The highest BCUT2D eigenvalue weighted by Crippen LogP contribution is 2.51. The predicted molar refractivity (Wildman–Crippen MR) is 289 cm³/mol. The molecule has 16 heteroatoms. The molecule has 0 saturated carbocycles. The molecule has 5 rings (SSSR count). The number of nitrogens with zero attached hydrogens (tertiary/aromatic N) is 2. The molecule has 3 aromatic carbocycles. The molecule has 13 nitrogen and oxygen atoms in total. The molecule has 0 radical (unpaired) electrons. The molecule has 3 atom stereocenters. The Kier molecular flexibility index (Phi) is 21.2. The third-order valence-corrected chi connectivity index (χ3v) is 16.2. The smallest absolute Gasteiger partial charge is 0.294 e. The molecular formula is C58H77FN3O10S2+. The van der Waals surface area contributed by atoms with Gasteiger partial charge in [0, 0.05) is 79.1 Å². The monoisotopic (exact) mass is 1060 g/mol. The number of alkyl halides is 1. The van der Waals surface area contributed by atoms with E-state index in [9.17, 15) is 49.5 Å². The Bertz CT molecular complexity index is 2850. The van der Waals surface area contributed by atoms with Crippen LogP contribution in [0.4, 0.5) is 15.8 Å². The Morgan fingerprint density at radius 1 is 0.757 bits per heavy atom. The van der Waals surface area contributed by atoms with Gasteiger partial charge in [0.25, 0.3) is 20.2 Å². The molecule has 2 heterocycles. The van der Waals surface area contributed by atoms with Gasteiger partial charge in [-0.25, -0.2) is 4.39 Å². The van der Waals surface area contributed by atoms with Crippen LogP contribution in [0.3, 0.4) is 0 Å². The van der Waals surface area contributed by atoms with Gasteiger partial charge >= 0.3 is 0 Å². The first-order chi connectivity index (χ1) is 35.0. The third-order valence-electron chi connectivity index (χ3n) is 14.5. The number of halogens is 1. The quantitative estimate of drug-likeness (QED) is 0.0249. The van der Waals surface area contributed by atoms with Crippen molar-refractivity contribution in [2.24, 2.45) is 11.8 Å². The van der Waals surface area contributed by atoms with Gasteiger partial charge in [0.1, 0.15) is 19.0 Å². The zero-order chi connectivity index (χ0) is 54.4. The number of allylic oxidation sites excluding steroid dienone is 6. The highest BCUT2D eigenvalue weighted by Gasteiger charge is 2.45. The van der Waals surface area contributed by atoms with Gasteiger partial charge in [-0.05, 0) is 113 Å². The summed E-state index contributed by atoms with van der Waals surface area (Å²) in [5.41, 5.74) is 4.92. The van der Waals surface area contributed by atoms with Gasteiger partial charge in [-0.3, -0.25) is 28.3 Å². The summed E-state index contributed by atoms with van der Waals surface area (Å²) in [5.74, 6) is -2.27. The summed E-state index contributed by atoms with van der Waals surface area (Å²) in [5, 5.41) is 2.82. The Morgan fingerprint density at radius 2 is 1.39 bits per heavy atom. The molecule has 2 unspecified atom stereocenters. The lowest BCUT2D eigenvalue weighted by Gasteiger charge is -2.30. The first-order valence-corrected chi connectivity index (χ1v) is 29.0. The second kappa shape index (κ2) is 26.4. The number of fused-ring (bicyclic) bond motifs is 2. The van der Waals surface area contributed by atoms with Gasteiger partial charge in [-0.2, -0.15) is 21.4 Å². The van der Waals surface area contributed by atoms with Crippen LogP contribution in [0.25, 0.3) is 0 Å². The number of unbranched alkanes of at least 4 members (excludes halogenated alkanes) is 4. The van der Waals surface area contributed by atoms with Crippen LogP contribution in [-0.2, 0) is 56.7 Å². The summed E-state index contributed by atoms with van der Waals surface area (Å²) >= 11 is 0. The SMILES string of the molecule is CCCCN1C(=CC=CC=CC2=[N+](CCC)c3ccc(S(=O)(=O)O)cc3C2(C)C)C(C)(CCCCCC(=O)CCCCC(=O)N[C@@H](C(=O)CC(Cc2ccccc2)C(=O)CF)C(C)C)c2cc(S(=O)(=O)O)ccc21. The van der Waals surface area contributed by atoms with E-state index < -0.39 is 55.5 Å². The Labute approximate surface area is 439 Å². The minimum atomic E-state index is -4.49. The first kappa shape index (κ1) is 59.5.